The first-order chi connectivity index (χ1) is 10.4. The Balaban J connectivity index is 2.34. The minimum Gasteiger partial charge on any atom is -0.258 e. The molecule has 22 heavy (non-hydrogen) atoms. The van der Waals surface area contributed by atoms with Gasteiger partial charge in [0.2, 0.25) is 0 Å². The Kier molecular flexibility index (Phi) is 4.47. The fourth-order valence-electron chi connectivity index (χ4n) is 1.78. The van der Waals surface area contributed by atoms with E-state index in [0.29, 0.717) is 21.8 Å². The third-order valence-electron chi connectivity index (χ3n) is 2.92. The van der Waals surface area contributed by atoms with E-state index in [9.17, 15) is 20.2 Å². The molecule has 2 aromatic rings. The van der Waals surface area contributed by atoms with E-state index in [1.807, 2.05) is 0 Å². The van der Waals surface area contributed by atoms with Gasteiger partial charge in [-0.05, 0) is 24.6 Å². The summed E-state index contributed by atoms with van der Waals surface area (Å²) in [6, 6.07) is 8.29. The van der Waals surface area contributed by atoms with Gasteiger partial charge < -0.3 is 0 Å². The van der Waals surface area contributed by atoms with E-state index >= 15 is 0 Å². The van der Waals surface area contributed by atoms with Crippen molar-refractivity contribution >= 4 is 34.9 Å². The molecule has 0 saturated carbocycles. The minimum absolute atomic E-state index is 0.0233. The molecule has 2 aromatic carbocycles. The molecule has 8 heteroatoms. The summed E-state index contributed by atoms with van der Waals surface area (Å²) in [6.45, 7) is 1.69. The Morgan fingerprint density at radius 3 is 2.23 bits per heavy atom. The second-order valence-electron chi connectivity index (χ2n) is 4.45. The van der Waals surface area contributed by atoms with Crippen LogP contribution >= 0.6 is 11.6 Å². The van der Waals surface area contributed by atoms with Crippen molar-refractivity contribution in [3.05, 3.63) is 72.8 Å². The lowest BCUT2D eigenvalue weighted by atomic mass is 10.1. The molecule has 2 rings (SSSR count). The third-order valence-corrected chi connectivity index (χ3v) is 3.27. The number of rotatable bonds is 4. The molecule has 0 atom stereocenters. The Morgan fingerprint density at radius 2 is 1.64 bits per heavy atom. The monoisotopic (exact) mass is 319 g/mol. The fraction of sp³-hybridized carbons (Fsp3) is 0.0714. The molecule has 0 aliphatic heterocycles. The van der Waals surface area contributed by atoms with Crippen LogP contribution in [0.3, 0.4) is 0 Å². The summed E-state index contributed by atoms with van der Waals surface area (Å²) in [7, 11) is 0. The maximum atomic E-state index is 10.7. The van der Waals surface area contributed by atoms with Crippen LogP contribution in [0.15, 0.2) is 41.4 Å². The number of nitro groups is 2. The smallest absolute Gasteiger partial charge is 0.258 e. The van der Waals surface area contributed by atoms with E-state index < -0.39 is 9.85 Å². The molecule has 7 nitrogen and oxygen atoms in total. The molecule has 0 N–H and O–H groups in total. The Labute approximate surface area is 130 Å². The lowest BCUT2D eigenvalue weighted by Gasteiger charge is -2.01. The van der Waals surface area contributed by atoms with Gasteiger partial charge in [0.15, 0.2) is 0 Å². The van der Waals surface area contributed by atoms with Crippen LogP contribution in [0.5, 0.6) is 0 Å². The predicted molar refractivity (Wildman–Crippen MR) is 83.2 cm³/mol. The molecular weight excluding hydrogens is 310 g/mol. The molecule has 0 aromatic heterocycles. The van der Waals surface area contributed by atoms with Crippen LogP contribution in [0, 0.1) is 27.2 Å². The summed E-state index contributed by atoms with van der Waals surface area (Å²) in [5.41, 5.74) is 1.42. The van der Waals surface area contributed by atoms with Gasteiger partial charge in [0.25, 0.3) is 11.4 Å². The lowest BCUT2D eigenvalue weighted by Crippen LogP contribution is -1.91. The van der Waals surface area contributed by atoms with Gasteiger partial charge in [-0.3, -0.25) is 25.2 Å². The van der Waals surface area contributed by atoms with Crippen molar-refractivity contribution in [1.29, 1.82) is 0 Å². The number of halogens is 1. The molecule has 0 heterocycles. The number of aliphatic imine (C=N–C) groups is 1. The minimum atomic E-state index is -0.523. The van der Waals surface area contributed by atoms with E-state index in [1.165, 1.54) is 42.6 Å². The van der Waals surface area contributed by atoms with E-state index in [2.05, 4.69) is 4.99 Å². The van der Waals surface area contributed by atoms with Gasteiger partial charge in [-0.2, -0.15) is 0 Å². The highest BCUT2D eigenvalue weighted by Crippen LogP contribution is 2.25. The van der Waals surface area contributed by atoms with Crippen LogP contribution in [-0.2, 0) is 0 Å². The van der Waals surface area contributed by atoms with Crippen molar-refractivity contribution in [2.45, 2.75) is 6.92 Å². The van der Waals surface area contributed by atoms with Crippen molar-refractivity contribution in [2.75, 3.05) is 0 Å². The quantitative estimate of drug-likeness (QED) is 0.478. The Hall–Kier alpha value is -2.80. The van der Waals surface area contributed by atoms with Gasteiger partial charge in [-0.15, -0.1) is 0 Å². The molecule has 0 aliphatic rings. The first kappa shape index (κ1) is 15.6. The van der Waals surface area contributed by atoms with Crippen LogP contribution in [0.2, 0.25) is 5.02 Å². The van der Waals surface area contributed by atoms with Gasteiger partial charge in [-0.1, -0.05) is 11.6 Å². The largest absolute Gasteiger partial charge is 0.270 e. The van der Waals surface area contributed by atoms with Crippen molar-refractivity contribution < 1.29 is 9.85 Å². The highest BCUT2D eigenvalue weighted by atomic mass is 35.5. The van der Waals surface area contributed by atoms with Crippen molar-refractivity contribution in [3.63, 3.8) is 0 Å². The Bertz CT molecular complexity index is 790. The molecule has 0 amide bonds. The molecule has 0 unspecified atom stereocenters. The number of nitrogens with zero attached hydrogens (tertiary/aromatic N) is 3. The zero-order valence-electron chi connectivity index (χ0n) is 11.4. The van der Waals surface area contributed by atoms with Gasteiger partial charge in [0.05, 0.1) is 15.5 Å². The summed E-state index contributed by atoms with van der Waals surface area (Å²) in [4.78, 5) is 24.6. The molecule has 0 fully saturated rings. The van der Waals surface area contributed by atoms with Crippen molar-refractivity contribution in [2.24, 2.45) is 4.99 Å². The Morgan fingerprint density at radius 1 is 1.05 bits per heavy atom. The number of non-ortho nitro benzene ring substituents is 2. The van der Waals surface area contributed by atoms with Gasteiger partial charge in [0, 0.05) is 41.1 Å². The average Bonchev–Trinajstić information content (AvgIpc) is 2.47. The number of nitro benzene ring substituents is 2. The zero-order chi connectivity index (χ0) is 16.3. The van der Waals surface area contributed by atoms with E-state index in [0.717, 1.165) is 0 Å². The topological polar surface area (TPSA) is 98.6 Å². The molecule has 0 aliphatic carbocycles. The summed E-state index contributed by atoms with van der Waals surface area (Å²) in [5, 5.41) is 21.8. The SMILES string of the molecule is Cc1cc([N+](=O)[O-])ccc1N=Cc1cc([N+](=O)[O-])ccc1Cl. The summed E-state index contributed by atoms with van der Waals surface area (Å²) in [6.07, 6.45) is 1.39. The summed E-state index contributed by atoms with van der Waals surface area (Å²) < 4.78 is 0. The van der Waals surface area contributed by atoms with Crippen LogP contribution < -0.4 is 0 Å². The summed E-state index contributed by atoms with van der Waals surface area (Å²) >= 11 is 5.97. The number of hydrogen-bond acceptors (Lipinski definition) is 5. The van der Waals surface area contributed by atoms with Gasteiger partial charge in [0.1, 0.15) is 0 Å². The molecule has 112 valence electrons. The average molecular weight is 320 g/mol. The van der Waals surface area contributed by atoms with Gasteiger partial charge >= 0.3 is 0 Å². The van der Waals surface area contributed by atoms with E-state index in [-0.39, 0.29) is 11.4 Å². The maximum Gasteiger partial charge on any atom is 0.270 e. The van der Waals surface area contributed by atoms with Crippen LogP contribution in [0.4, 0.5) is 17.1 Å². The summed E-state index contributed by atoms with van der Waals surface area (Å²) in [5.74, 6) is 0. The molecular formula is C14H10ClN3O4. The molecule has 0 saturated heterocycles. The van der Waals surface area contributed by atoms with Crippen molar-refractivity contribution in [3.8, 4) is 0 Å². The highest BCUT2D eigenvalue weighted by Gasteiger charge is 2.09. The zero-order valence-corrected chi connectivity index (χ0v) is 12.1. The van der Waals surface area contributed by atoms with E-state index in [4.69, 9.17) is 11.6 Å². The second kappa shape index (κ2) is 6.31. The van der Waals surface area contributed by atoms with Crippen LogP contribution in [0.1, 0.15) is 11.1 Å². The highest BCUT2D eigenvalue weighted by molar-refractivity contribution is 6.33. The van der Waals surface area contributed by atoms with E-state index in [1.54, 1.807) is 6.92 Å². The predicted octanol–water partition coefficient (Wildman–Crippen LogP) is 4.22. The standard InChI is InChI=1S/C14H10ClN3O4/c1-9-6-11(17(19)20)3-5-14(9)16-8-10-7-12(18(21)22)2-4-13(10)15/h2-8H,1H3. The first-order valence-electron chi connectivity index (χ1n) is 6.11. The second-order valence-corrected chi connectivity index (χ2v) is 4.86. The van der Waals surface area contributed by atoms with Crippen molar-refractivity contribution in [1.82, 2.24) is 0 Å². The fourth-order valence-corrected chi connectivity index (χ4v) is 1.95. The number of benzene rings is 2. The molecule has 0 spiro atoms. The third kappa shape index (κ3) is 3.44. The molecule has 0 radical (unpaired) electrons. The van der Waals surface area contributed by atoms with Gasteiger partial charge in [-0.25, -0.2) is 0 Å². The lowest BCUT2D eigenvalue weighted by molar-refractivity contribution is -0.385. The van der Waals surface area contributed by atoms with Crippen LogP contribution in [-0.4, -0.2) is 16.1 Å². The van der Waals surface area contributed by atoms with Crippen LogP contribution in [0.25, 0.3) is 0 Å². The normalized spacial score (nSPS) is 10.8. The number of hydrogen-bond donors (Lipinski definition) is 0. The first-order valence-corrected chi connectivity index (χ1v) is 6.49. The maximum absolute atomic E-state index is 10.7. The number of aryl methyl sites for hydroxylation is 1. The molecule has 0 bridgehead atoms.